The van der Waals surface area contributed by atoms with Crippen LogP contribution in [0.4, 0.5) is 5.69 Å². The smallest absolute Gasteiger partial charge is 0.270 e. The number of aryl methyl sites for hydroxylation is 1. The van der Waals surface area contributed by atoms with E-state index in [2.05, 4.69) is 0 Å². The van der Waals surface area contributed by atoms with Gasteiger partial charge in [0.2, 0.25) is 10.0 Å². The highest BCUT2D eigenvalue weighted by Gasteiger charge is 2.39. The number of halogens is 1. The maximum atomic E-state index is 12.8. The Hall–Kier alpha value is -1.22. The number of benzene rings is 1. The molecule has 0 saturated carbocycles. The molecule has 1 heterocycles. The monoisotopic (exact) mass is 363 g/mol. The quantitative estimate of drug-likeness (QED) is 0.653. The van der Waals surface area contributed by atoms with Crippen molar-refractivity contribution in [1.29, 1.82) is 0 Å². The van der Waals surface area contributed by atoms with Gasteiger partial charge >= 0.3 is 0 Å². The summed E-state index contributed by atoms with van der Waals surface area (Å²) in [5.41, 5.74) is 5.98. The number of rotatable bonds is 3. The summed E-state index contributed by atoms with van der Waals surface area (Å²) in [6, 6.07) is 3.84. The standard InChI is InChI=1S/C14H21N3O4S.ClH/c1-10-4-5-11(17(18)19)8-12(10)22(20,21)16-7-6-13(15)14(2,3)9-16;/h4-5,8,13H,6-7,9,15H2,1-3H3;1H. The molecule has 2 rings (SSSR count). The average molecular weight is 364 g/mol. The molecule has 0 aromatic heterocycles. The van der Waals surface area contributed by atoms with Crippen LogP contribution in [0.5, 0.6) is 0 Å². The van der Waals surface area contributed by atoms with Gasteiger partial charge in [-0.2, -0.15) is 4.31 Å². The van der Waals surface area contributed by atoms with E-state index in [0.717, 1.165) is 6.07 Å². The van der Waals surface area contributed by atoms with Crippen LogP contribution < -0.4 is 5.73 Å². The zero-order valence-corrected chi connectivity index (χ0v) is 15.0. The number of hydrogen-bond donors (Lipinski definition) is 1. The zero-order valence-electron chi connectivity index (χ0n) is 13.4. The van der Waals surface area contributed by atoms with Crippen LogP contribution in [0.25, 0.3) is 0 Å². The Labute approximate surface area is 142 Å². The first-order valence-corrected chi connectivity index (χ1v) is 8.50. The number of sulfonamides is 1. The van der Waals surface area contributed by atoms with E-state index in [1.54, 1.807) is 6.92 Å². The molecule has 1 unspecified atom stereocenters. The first kappa shape index (κ1) is 19.8. The van der Waals surface area contributed by atoms with Crippen LogP contribution in [0.2, 0.25) is 0 Å². The Bertz CT molecular complexity index is 706. The van der Waals surface area contributed by atoms with Crippen molar-refractivity contribution in [3.63, 3.8) is 0 Å². The molecule has 0 radical (unpaired) electrons. The van der Waals surface area contributed by atoms with Crippen LogP contribution in [0.3, 0.4) is 0 Å². The Morgan fingerprint density at radius 2 is 2.00 bits per heavy atom. The second-order valence-electron chi connectivity index (χ2n) is 6.43. The van der Waals surface area contributed by atoms with E-state index in [4.69, 9.17) is 5.73 Å². The van der Waals surface area contributed by atoms with Crippen LogP contribution in [0.15, 0.2) is 23.1 Å². The average Bonchev–Trinajstić information content (AvgIpc) is 2.41. The van der Waals surface area contributed by atoms with Crippen LogP contribution in [-0.4, -0.2) is 36.8 Å². The molecule has 1 aromatic rings. The van der Waals surface area contributed by atoms with E-state index in [1.165, 1.54) is 16.4 Å². The Morgan fingerprint density at radius 1 is 1.39 bits per heavy atom. The van der Waals surface area contributed by atoms with Gasteiger partial charge in [0.05, 0.1) is 9.82 Å². The molecule has 1 atom stereocenters. The van der Waals surface area contributed by atoms with Gasteiger partial charge in [-0.15, -0.1) is 12.4 Å². The minimum atomic E-state index is -3.77. The molecule has 1 fully saturated rings. The van der Waals surface area contributed by atoms with Gasteiger partial charge in [0.15, 0.2) is 0 Å². The molecule has 0 amide bonds. The van der Waals surface area contributed by atoms with Crippen molar-refractivity contribution in [2.24, 2.45) is 11.1 Å². The number of non-ortho nitro benzene ring substituents is 1. The van der Waals surface area contributed by atoms with Crippen molar-refractivity contribution in [3.8, 4) is 0 Å². The Kier molecular flexibility index (Phi) is 5.79. The van der Waals surface area contributed by atoms with Gasteiger partial charge in [0.25, 0.3) is 5.69 Å². The first-order valence-electron chi connectivity index (χ1n) is 7.06. The number of piperidine rings is 1. The van der Waals surface area contributed by atoms with E-state index in [1.807, 2.05) is 13.8 Å². The predicted molar refractivity (Wildman–Crippen MR) is 90.2 cm³/mol. The lowest BCUT2D eigenvalue weighted by Gasteiger charge is -2.41. The van der Waals surface area contributed by atoms with Crippen molar-refractivity contribution in [3.05, 3.63) is 33.9 Å². The molecule has 0 spiro atoms. The first-order chi connectivity index (χ1) is 10.1. The summed E-state index contributed by atoms with van der Waals surface area (Å²) in [7, 11) is -3.77. The third-order valence-corrected chi connectivity index (χ3v) is 6.26. The fourth-order valence-electron chi connectivity index (χ4n) is 2.65. The summed E-state index contributed by atoms with van der Waals surface area (Å²) in [6.45, 7) is 6.13. The minimum Gasteiger partial charge on any atom is -0.327 e. The number of nitro benzene ring substituents is 1. The lowest BCUT2D eigenvalue weighted by atomic mass is 9.81. The van der Waals surface area contributed by atoms with Crippen LogP contribution in [0, 0.1) is 22.5 Å². The summed E-state index contributed by atoms with van der Waals surface area (Å²) < 4.78 is 27.1. The number of nitro groups is 1. The van der Waals surface area contributed by atoms with E-state index < -0.39 is 14.9 Å². The van der Waals surface area contributed by atoms with E-state index in [-0.39, 0.29) is 34.4 Å². The summed E-state index contributed by atoms with van der Waals surface area (Å²) >= 11 is 0. The van der Waals surface area contributed by atoms with Gasteiger partial charge in [-0.3, -0.25) is 10.1 Å². The van der Waals surface area contributed by atoms with Crippen molar-refractivity contribution in [2.45, 2.75) is 38.1 Å². The molecular formula is C14H22ClN3O4S. The molecular weight excluding hydrogens is 342 g/mol. The number of nitrogens with two attached hydrogens (primary N) is 1. The van der Waals surface area contributed by atoms with Gasteiger partial charge in [0.1, 0.15) is 0 Å². The minimum absolute atomic E-state index is 0. The molecule has 23 heavy (non-hydrogen) atoms. The number of nitrogens with zero attached hydrogens (tertiary/aromatic N) is 2. The SMILES string of the molecule is Cc1ccc([N+](=O)[O-])cc1S(=O)(=O)N1CCC(N)C(C)(C)C1.Cl. The summed E-state index contributed by atoms with van der Waals surface area (Å²) in [6.07, 6.45) is 0.570. The van der Waals surface area contributed by atoms with Gasteiger partial charge in [-0.25, -0.2) is 8.42 Å². The summed E-state index contributed by atoms with van der Waals surface area (Å²) in [5.74, 6) is 0. The van der Waals surface area contributed by atoms with E-state index >= 15 is 0 Å². The summed E-state index contributed by atoms with van der Waals surface area (Å²) in [5, 5.41) is 10.9. The van der Waals surface area contributed by atoms with E-state index in [9.17, 15) is 18.5 Å². The molecule has 9 heteroatoms. The third-order valence-electron chi connectivity index (χ3n) is 4.28. The van der Waals surface area contributed by atoms with E-state index in [0.29, 0.717) is 25.1 Å². The van der Waals surface area contributed by atoms with Gasteiger partial charge in [0, 0.05) is 31.3 Å². The fourth-order valence-corrected chi connectivity index (χ4v) is 4.52. The summed E-state index contributed by atoms with van der Waals surface area (Å²) in [4.78, 5) is 10.3. The highest BCUT2D eigenvalue weighted by Crippen LogP contribution is 2.33. The molecule has 1 aliphatic rings. The predicted octanol–water partition coefficient (Wildman–Crippen LogP) is 2.07. The van der Waals surface area contributed by atoms with Gasteiger partial charge in [-0.1, -0.05) is 19.9 Å². The van der Waals surface area contributed by atoms with Crippen molar-refractivity contribution in [1.82, 2.24) is 4.31 Å². The molecule has 130 valence electrons. The maximum Gasteiger partial charge on any atom is 0.270 e. The molecule has 1 aromatic carbocycles. The zero-order chi connectivity index (χ0) is 16.7. The normalized spacial score (nSPS) is 21.5. The van der Waals surface area contributed by atoms with Gasteiger partial charge in [-0.05, 0) is 24.3 Å². The van der Waals surface area contributed by atoms with Crippen molar-refractivity contribution >= 4 is 28.1 Å². The molecule has 0 bridgehead atoms. The lowest BCUT2D eigenvalue weighted by Crippen LogP contribution is -2.53. The molecule has 1 saturated heterocycles. The van der Waals surface area contributed by atoms with Crippen LogP contribution in [-0.2, 0) is 10.0 Å². The molecule has 1 aliphatic heterocycles. The molecule has 7 nitrogen and oxygen atoms in total. The second kappa shape index (κ2) is 6.72. The Morgan fingerprint density at radius 3 is 2.52 bits per heavy atom. The fraction of sp³-hybridized carbons (Fsp3) is 0.571. The topological polar surface area (TPSA) is 107 Å². The largest absolute Gasteiger partial charge is 0.327 e. The van der Waals surface area contributed by atoms with Crippen LogP contribution in [0.1, 0.15) is 25.8 Å². The third kappa shape index (κ3) is 3.82. The van der Waals surface area contributed by atoms with Crippen molar-refractivity contribution in [2.75, 3.05) is 13.1 Å². The highest BCUT2D eigenvalue weighted by molar-refractivity contribution is 7.89. The highest BCUT2D eigenvalue weighted by atomic mass is 35.5. The second-order valence-corrected chi connectivity index (χ2v) is 8.34. The Balaban J connectivity index is 0.00000264. The molecule has 2 N–H and O–H groups in total. The van der Waals surface area contributed by atoms with Crippen molar-refractivity contribution < 1.29 is 13.3 Å². The maximum absolute atomic E-state index is 12.8. The lowest BCUT2D eigenvalue weighted by molar-refractivity contribution is -0.385. The van der Waals surface area contributed by atoms with Gasteiger partial charge < -0.3 is 5.73 Å². The van der Waals surface area contributed by atoms with Crippen LogP contribution >= 0.6 is 12.4 Å². The molecule has 0 aliphatic carbocycles. The number of hydrogen-bond acceptors (Lipinski definition) is 5.